The summed E-state index contributed by atoms with van der Waals surface area (Å²) in [6.45, 7) is 4.56. The van der Waals surface area contributed by atoms with Crippen LogP contribution in [-0.4, -0.2) is 45.1 Å². The normalized spacial score (nSPS) is 11.8. The van der Waals surface area contributed by atoms with Gasteiger partial charge in [-0.25, -0.2) is 8.42 Å². The van der Waals surface area contributed by atoms with E-state index in [1.807, 2.05) is 13.8 Å². The Kier molecular flexibility index (Phi) is 7.52. The zero-order valence-electron chi connectivity index (χ0n) is 15.2. The third kappa shape index (κ3) is 5.15. The van der Waals surface area contributed by atoms with Gasteiger partial charge >= 0.3 is 0 Å². The maximum absolute atomic E-state index is 12.3. The van der Waals surface area contributed by atoms with E-state index in [4.69, 9.17) is 5.73 Å². The molecular formula is C16H26N4O5S. The van der Waals surface area contributed by atoms with E-state index in [2.05, 4.69) is 10.6 Å². The Hall–Kier alpha value is -2.20. The second-order valence-corrected chi connectivity index (χ2v) is 8.10. The van der Waals surface area contributed by atoms with Crippen molar-refractivity contribution in [2.75, 3.05) is 31.2 Å². The van der Waals surface area contributed by atoms with Crippen LogP contribution in [0.25, 0.3) is 0 Å². The molecule has 0 fully saturated rings. The Morgan fingerprint density at radius 3 is 2.35 bits per heavy atom. The van der Waals surface area contributed by atoms with Crippen LogP contribution in [0.2, 0.25) is 0 Å². The summed E-state index contributed by atoms with van der Waals surface area (Å²) >= 11 is 0. The topological polar surface area (TPSA) is 144 Å². The number of rotatable bonds is 10. The highest BCUT2D eigenvalue weighted by Gasteiger charge is 2.32. The fourth-order valence-electron chi connectivity index (χ4n) is 2.56. The number of hydrogen-bond acceptors (Lipinski definition) is 7. The molecule has 146 valence electrons. The van der Waals surface area contributed by atoms with Gasteiger partial charge in [-0.05, 0) is 25.0 Å². The summed E-state index contributed by atoms with van der Waals surface area (Å²) in [6.07, 6.45) is 2.23. The summed E-state index contributed by atoms with van der Waals surface area (Å²) in [5.41, 5.74) is 4.97. The van der Waals surface area contributed by atoms with Crippen LogP contribution in [0.1, 0.15) is 26.7 Å². The zero-order chi connectivity index (χ0) is 20.0. The monoisotopic (exact) mass is 386 g/mol. The lowest BCUT2D eigenvalue weighted by molar-refractivity contribution is -0.384. The highest BCUT2D eigenvalue weighted by molar-refractivity contribution is 7.90. The first-order chi connectivity index (χ1) is 12.1. The van der Waals surface area contributed by atoms with E-state index in [0.717, 1.165) is 12.3 Å². The number of nitrogens with two attached hydrogens (primary N) is 1. The van der Waals surface area contributed by atoms with Gasteiger partial charge < -0.3 is 16.4 Å². The van der Waals surface area contributed by atoms with Gasteiger partial charge in [-0.15, -0.1) is 0 Å². The maximum atomic E-state index is 12.3. The Morgan fingerprint density at radius 1 is 1.27 bits per heavy atom. The summed E-state index contributed by atoms with van der Waals surface area (Å²) in [5.74, 6) is -0.145. The first-order valence-corrected chi connectivity index (χ1v) is 10.2. The first kappa shape index (κ1) is 21.8. The minimum atomic E-state index is -3.54. The number of nitro groups is 1. The van der Waals surface area contributed by atoms with Gasteiger partial charge in [0.15, 0.2) is 9.84 Å². The number of sulfone groups is 1. The van der Waals surface area contributed by atoms with Gasteiger partial charge in [0.1, 0.15) is 5.69 Å². The van der Waals surface area contributed by atoms with Crippen LogP contribution < -0.4 is 16.4 Å². The molecule has 26 heavy (non-hydrogen) atoms. The first-order valence-electron chi connectivity index (χ1n) is 8.32. The third-order valence-electron chi connectivity index (χ3n) is 4.55. The van der Waals surface area contributed by atoms with Crippen LogP contribution in [0.3, 0.4) is 0 Å². The van der Waals surface area contributed by atoms with E-state index in [0.29, 0.717) is 12.8 Å². The SMILES string of the molecule is CCC(CC)(CN)C(=O)NCCNc1ccc(S(C)(=O)=O)cc1[N+](=O)[O-]. The number of nitro benzene ring substituents is 1. The average Bonchev–Trinajstić information content (AvgIpc) is 2.59. The third-order valence-corrected chi connectivity index (χ3v) is 5.66. The van der Waals surface area contributed by atoms with E-state index in [9.17, 15) is 23.3 Å². The predicted octanol–water partition coefficient (Wildman–Crippen LogP) is 1.29. The Morgan fingerprint density at radius 2 is 1.88 bits per heavy atom. The summed E-state index contributed by atoms with van der Waals surface area (Å²) in [6, 6.07) is 3.67. The number of anilines is 1. The van der Waals surface area contributed by atoms with Crippen molar-refractivity contribution in [1.82, 2.24) is 5.32 Å². The van der Waals surface area contributed by atoms with Crippen LogP contribution in [0.4, 0.5) is 11.4 Å². The van der Waals surface area contributed by atoms with Gasteiger partial charge in [0.05, 0.1) is 15.2 Å². The number of carbonyl (C=O) groups is 1. The van der Waals surface area contributed by atoms with Gasteiger partial charge in [-0.2, -0.15) is 0 Å². The molecule has 1 aromatic rings. The minimum absolute atomic E-state index is 0.123. The standard InChI is InChI=1S/C16H26N4O5S/c1-4-16(5-2,11-17)15(21)19-9-8-18-13-7-6-12(26(3,24)25)10-14(13)20(22)23/h6-7,10,18H,4-5,8-9,11,17H2,1-3H3,(H,19,21). The molecule has 0 unspecified atom stereocenters. The van der Waals surface area contributed by atoms with Crippen LogP contribution in [0.5, 0.6) is 0 Å². The van der Waals surface area contributed by atoms with Crippen molar-refractivity contribution in [3.05, 3.63) is 28.3 Å². The Labute approximate surface area is 153 Å². The van der Waals surface area contributed by atoms with Gasteiger partial charge in [-0.3, -0.25) is 14.9 Å². The molecule has 10 heteroatoms. The van der Waals surface area contributed by atoms with E-state index in [1.165, 1.54) is 12.1 Å². The molecule has 0 aromatic heterocycles. The largest absolute Gasteiger partial charge is 0.378 e. The molecule has 1 amide bonds. The molecule has 0 aliphatic heterocycles. The Bertz CT molecular complexity index is 752. The second-order valence-electron chi connectivity index (χ2n) is 6.08. The molecule has 4 N–H and O–H groups in total. The number of nitrogens with zero attached hydrogens (tertiary/aromatic N) is 1. The molecule has 0 atom stereocenters. The number of carbonyl (C=O) groups excluding carboxylic acids is 1. The highest BCUT2D eigenvalue weighted by Crippen LogP contribution is 2.27. The number of hydrogen-bond donors (Lipinski definition) is 3. The van der Waals surface area contributed by atoms with Gasteiger partial charge in [0.2, 0.25) is 5.91 Å². The molecule has 0 bridgehead atoms. The predicted molar refractivity (Wildman–Crippen MR) is 99.8 cm³/mol. The molecular weight excluding hydrogens is 360 g/mol. The molecule has 0 spiro atoms. The lowest BCUT2D eigenvalue weighted by Crippen LogP contribution is -2.46. The average molecular weight is 386 g/mol. The maximum Gasteiger partial charge on any atom is 0.293 e. The van der Waals surface area contributed by atoms with Crippen molar-refractivity contribution < 1.29 is 18.1 Å². The second kappa shape index (κ2) is 8.95. The number of benzene rings is 1. The van der Waals surface area contributed by atoms with Crippen molar-refractivity contribution in [2.45, 2.75) is 31.6 Å². The fraction of sp³-hybridized carbons (Fsp3) is 0.562. The molecule has 0 aliphatic carbocycles. The molecule has 0 saturated heterocycles. The van der Waals surface area contributed by atoms with Gasteiger partial charge in [0, 0.05) is 32.0 Å². The van der Waals surface area contributed by atoms with E-state index in [-0.39, 0.29) is 41.8 Å². The summed E-state index contributed by atoms with van der Waals surface area (Å²) in [4.78, 5) is 22.7. The lowest BCUT2D eigenvalue weighted by Gasteiger charge is -2.28. The minimum Gasteiger partial charge on any atom is -0.378 e. The van der Waals surface area contributed by atoms with Crippen LogP contribution in [0.15, 0.2) is 23.1 Å². The quantitative estimate of drug-likeness (QED) is 0.312. The lowest BCUT2D eigenvalue weighted by atomic mass is 9.81. The molecule has 1 rings (SSSR count). The molecule has 9 nitrogen and oxygen atoms in total. The molecule has 0 saturated carbocycles. The van der Waals surface area contributed by atoms with E-state index < -0.39 is 20.2 Å². The summed E-state index contributed by atoms with van der Waals surface area (Å²) in [7, 11) is -3.54. The Balaban J connectivity index is 2.77. The molecule has 0 heterocycles. The molecule has 1 aromatic carbocycles. The summed E-state index contributed by atoms with van der Waals surface area (Å²) < 4.78 is 23.1. The van der Waals surface area contributed by atoms with E-state index >= 15 is 0 Å². The van der Waals surface area contributed by atoms with Crippen molar-refractivity contribution in [3.63, 3.8) is 0 Å². The zero-order valence-corrected chi connectivity index (χ0v) is 16.1. The molecule has 0 aliphatic rings. The van der Waals surface area contributed by atoms with Gasteiger partial charge in [0.25, 0.3) is 5.69 Å². The van der Waals surface area contributed by atoms with Crippen molar-refractivity contribution in [1.29, 1.82) is 0 Å². The smallest absolute Gasteiger partial charge is 0.293 e. The van der Waals surface area contributed by atoms with Crippen LogP contribution >= 0.6 is 0 Å². The number of amides is 1. The molecule has 0 radical (unpaired) electrons. The highest BCUT2D eigenvalue weighted by atomic mass is 32.2. The summed E-state index contributed by atoms with van der Waals surface area (Å²) in [5, 5.41) is 16.8. The van der Waals surface area contributed by atoms with Crippen LogP contribution in [0, 0.1) is 15.5 Å². The fourth-order valence-corrected chi connectivity index (χ4v) is 3.20. The van der Waals surface area contributed by atoms with E-state index in [1.54, 1.807) is 0 Å². The van der Waals surface area contributed by atoms with Crippen LogP contribution in [-0.2, 0) is 14.6 Å². The van der Waals surface area contributed by atoms with Crippen molar-refractivity contribution in [3.8, 4) is 0 Å². The number of nitrogens with one attached hydrogen (secondary N) is 2. The van der Waals surface area contributed by atoms with Crippen molar-refractivity contribution in [2.24, 2.45) is 11.1 Å². The van der Waals surface area contributed by atoms with Gasteiger partial charge in [-0.1, -0.05) is 13.8 Å². The van der Waals surface area contributed by atoms with Crippen molar-refractivity contribution >= 4 is 27.1 Å².